The number of halogens is 2. The molecule has 0 aliphatic carbocycles. The Morgan fingerprint density at radius 3 is 2.17 bits per heavy atom. The lowest BCUT2D eigenvalue weighted by Crippen LogP contribution is -2.33. The number of fused-ring (bicyclic) bond motifs is 1. The van der Waals surface area contributed by atoms with Crippen molar-refractivity contribution < 1.29 is 27.2 Å². The molecule has 13 heteroatoms. The van der Waals surface area contributed by atoms with E-state index in [2.05, 4.69) is 5.16 Å². The summed E-state index contributed by atoms with van der Waals surface area (Å²) < 4.78 is 53.1. The minimum atomic E-state index is -4.38. The molecule has 0 atom stereocenters. The first kappa shape index (κ1) is 27.3. The first-order valence-electron chi connectivity index (χ1n) is 10.4. The largest absolute Gasteiger partial charge is 0.409 e. The van der Waals surface area contributed by atoms with E-state index < -0.39 is 23.9 Å². The quantitative estimate of drug-likeness (QED) is 0.108. The first-order valence-corrected chi connectivity index (χ1v) is 14.3. The number of rotatable bonds is 10. The Bertz CT molecular complexity index is 1390. The van der Waals surface area contributed by atoms with Gasteiger partial charge in [-0.1, -0.05) is 58.7 Å². The lowest BCUT2D eigenvalue weighted by molar-refractivity contribution is 0.221. The van der Waals surface area contributed by atoms with Crippen LogP contribution in [0.1, 0.15) is 19.4 Å². The predicted octanol–water partition coefficient (Wildman–Crippen LogP) is 5.66. The van der Waals surface area contributed by atoms with Gasteiger partial charge < -0.3 is 20.0 Å². The van der Waals surface area contributed by atoms with Gasteiger partial charge in [-0.05, 0) is 43.5 Å². The third-order valence-electron chi connectivity index (χ3n) is 4.93. The normalized spacial score (nSPS) is 12.7. The second-order valence-electron chi connectivity index (χ2n) is 7.21. The lowest BCUT2D eigenvalue weighted by Gasteiger charge is -2.29. The summed E-state index contributed by atoms with van der Waals surface area (Å²) in [6.07, 6.45) is -0.617. The van der Waals surface area contributed by atoms with Gasteiger partial charge in [-0.25, -0.2) is 8.42 Å². The number of benzene rings is 3. The van der Waals surface area contributed by atoms with E-state index in [-0.39, 0.29) is 39.7 Å². The highest BCUT2D eigenvalue weighted by molar-refractivity contribution is 7.93. The van der Waals surface area contributed by atoms with Crippen molar-refractivity contribution in [3.05, 3.63) is 70.2 Å². The van der Waals surface area contributed by atoms with Crippen LogP contribution in [0.4, 0.5) is 5.69 Å². The molecule has 0 saturated carbocycles. The molecule has 3 aromatic rings. The Hall–Kier alpha value is -2.33. The summed E-state index contributed by atoms with van der Waals surface area (Å²) in [7, 11) is -8.28. The van der Waals surface area contributed by atoms with E-state index in [1.54, 1.807) is 50.2 Å². The van der Waals surface area contributed by atoms with Crippen molar-refractivity contribution in [2.75, 3.05) is 23.8 Å². The minimum Gasteiger partial charge on any atom is -0.409 e. The fourth-order valence-corrected chi connectivity index (χ4v) is 7.95. The molecule has 0 saturated heterocycles. The maximum Gasteiger partial charge on any atom is 0.350 e. The van der Waals surface area contributed by atoms with Gasteiger partial charge in [0.25, 0.3) is 10.0 Å². The van der Waals surface area contributed by atoms with Gasteiger partial charge in [0.05, 0.1) is 23.8 Å². The number of hydrogen-bond acceptors (Lipinski definition) is 7. The molecule has 0 aromatic heterocycles. The van der Waals surface area contributed by atoms with E-state index in [0.717, 1.165) is 4.31 Å². The van der Waals surface area contributed by atoms with E-state index in [0.29, 0.717) is 16.3 Å². The smallest absolute Gasteiger partial charge is 0.350 e. The zero-order valence-electron chi connectivity index (χ0n) is 18.9. The Kier molecular flexibility index (Phi) is 8.69. The lowest BCUT2D eigenvalue weighted by atomic mass is 10.0. The van der Waals surface area contributed by atoms with Crippen molar-refractivity contribution in [3.8, 4) is 0 Å². The molecule has 0 spiro atoms. The average Bonchev–Trinajstić information content (AvgIpc) is 2.81. The first-order chi connectivity index (χ1) is 16.6. The van der Waals surface area contributed by atoms with E-state index >= 15 is 0 Å². The van der Waals surface area contributed by atoms with Crippen LogP contribution in [0.25, 0.3) is 10.8 Å². The Balaban J connectivity index is 2.33. The van der Waals surface area contributed by atoms with Gasteiger partial charge in [0, 0.05) is 21.0 Å². The van der Waals surface area contributed by atoms with Gasteiger partial charge in [0.15, 0.2) is 5.84 Å². The molecule has 0 aliphatic rings. The van der Waals surface area contributed by atoms with Crippen LogP contribution in [0.2, 0.25) is 10.0 Å². The van der Waals surface area contributed by atoms with E-state index in [9.17, 15) is 18.2 Å². The highest BCUT2D eigenvalue weighted by Crippen LogP contribution is 2.51. The molecule has 0 aliphatic heterocycles. The predicted molar refractivity (Wildman–Crippen MR) is 138 cm³/mol. The molecular weight excluding hydrogens is 536 g/mol. The molecule has 35 heavy (non-hydrogen) atoms. The zero-order valence-corrected chi connectivity index (χ0v) is 22.1. The van der Waals surface area contributed by atoms with Gasteiger partial charge in [0.2, 0.25) is 0 Å². The number of amidine groups is 1. The van der Waals surface area contributed by atoms with E-state index in [4.69, 9.17) is 38.0 Å². The average molecular weight is 560 g/mol. The molecule has 0 bridgehead atoms. The van der Waals surface area contributed by atoms with Gasteiger partial charge in [-0.2, -0.15) is 0 Å². The third-order valence-corrected chi connectivity index (χ3v) is 9.23. The van der Waals surface area contributed by atoms with Gasteiger partial charge in [0.1, 0.15) is 6.29 Å². The van der Waals surface area contributed by atoms with E-state index in [1.165, 1.54) is 18.2 Å². The highest BCUT2D eigenvalue weighted by atomic mass is 35.5. The van der Waals surface area contributed by atoms with Crippen LogP contribution in [0.3, 0.4) is 0 Å². The van der Waals surface area contributed by atoms with Crippen LogP contribution in [0.15, 0.2) is 64.6 Å². The molecule has 3 aromatic carbocycles. The second kappa shape index (κ2) is 11.2. The fourth-order valence-electron chi connectivity index (χ4n) is 3.54. The molecule has 3 rings (SSSR count). The van der Waals surface area contributed by atoms with Crippen LogP contribution in [0.5, 0.6) is 0 Å². The molecule has 0 fully saturated rings. The summed E-state index contributed by atoms with van der Waals surface area (Å²) in [4.78, 5) is -0.209. The van der Waals surface area contributed by atoms with Crippen LogP contribution in [-0.2, 0) is 23.6 Å². The van der Waals surface area contributed by atoms with Gasteiger partial charge >= 0.3 is 7.60 Å². The molecule has 9 nitrogen and oxygen atoms in total. The summed E-state index contributed by atoms with van der Waals surface area (Å²) in [5.74, 6) is -0.155. The fraction of sp³-hybridized carbons (Fsp3) is 0.227. The molecule has 0 amide bonds. The van der Waals surface area contributed by atoms with Crippen molar-refractivity contribution >= 4 is 63.1 Å². The summed E-state index contributed by atoms with van der Waals surface area (Å²) in [5, 5.41) is 13.4. The second-order valence-corrected chi connectivity index (χ2v) is 12.0. The van der Waals surface area contributed by atoms with Crippen LogP contribution < -0.4 is 10.0 Å². The van der Waals surface area contributed by atoms with Crippen LogP contribution >= 0.6 is 30.8 Å². The molecular formula is C22H24Cl2N3O6PS. The number of anilines is 1. The Labute approximate surface area is 213 Å². The van der Waals surface area contributed by atoms with Crippen molar-refractivity contribution in [1.82, 2.24) is 0 Å². The third kappa shape index (κ3) is 5.91. The standard InChI is InChI=1S/C22H24Cl2N3O6PS/c1-3-32-34(29,33-4-2)14-27(35(30,31)17-12-15(23)11-16(24)13-17)21-10-6-7-18-19(21)8-5-9-20(18)22(25)26-28/h5-13,28H,3-4,14H2,1-2H3,(H2,25,26). The SMILES string of the molecule is CCOP(=O)(CN(c1cccc2c(/C(N)=N\O)cccc12)S(=O)(=O)c1cc(Cl)cc(Cl)c1)OCC. The summed E-state index contributed by atoms with van der Waals surface area (Å²) in [5.41, 5.74) is 6.39. The number of sulfonamides is 1. The Morgan fingerprint density at radius 2 is 1.60 bits per heavy atom. The topological polar surface area (TPSA) is 132 Å². The number of hydrogen-bond donors (Lipinski definition) is 2. The maximum atomic E-state index is 13.9. The zero-order chi connectivity index (χ0) is 25.8. The summed E-state index contributed by atoms with van der Waals surface area (Å²) in [6.45, 7) is 3.33. The maximum absolute atomic E-state index is 13.9. The number of nitrogens with two attached hydrogens (primary N) is 1. The monoisotopic (exact) mass is 559 g/mol. The summed E-state index contributed by atoms with van der Waals surface area (Å²) in [6, 6.07) is 13.7. The van der Waals surface area contributed by atoms with Crippen LogP contribution in [0, 0.1) is 0 Å². The molecule has 188 valence electrons. The van der Waals surface area contributed by atoms with Crippen molar-refractivity contribution in [2.24, 2.45) is 10.9 Å². The molecule has 0 unspecified atom stereocenters. The van der Waals surface area contributed by atoms with Crippen molar-refractivity contribution in [1.29, 1.82) is 0 Å². The minimum absolute atomic E-state index is 0.0390. The summed E-state index contributed by atoms with van der Waals surface area (Å²) >= 11 is 12.2. The van der Waals surface area contributed by atoms with Gasteiger partial charge in [-0.3, -0.25) is 8.87 Å². The van der Waals surface area contributed by atoms with Crippen LogP contribution in [-0.4, -0.2) is 39.0 Å². The van der Waals surface area contributed by atoms with Crippen molar-refractivity contribution in [3.63, 3.8) is 0 Å². The van der Waals surface area contributed by atoms with E-state index in [1.807, 2.05) is 0 Å². The molecule has 0 heterocycles. The van der Waals surface area contributed by atoms with Gasteiger partial charge in [-0.15, -0.1) is 0 Å². The number of oxime groups is 1. The van der Waals surface area contributed by atoms with Crippen molar-refractivity contribution in [2.45, 2.75) is 18.7 Å². The Morgan fingerprint density at radius 1 is 1.03 bits per heavy atom. The molecule has 3 N–H and O–H groups in total. The molecule has 0 radical (unpaired) electrons. The highest BCUT2D eigenvalue weighted by Gasteiger charge is 2.36. The number of nitrogens with zero attached hydrogens (tertiary/aromatic N) is 2.